The van der Waals surface area contributed by atoms with Gasteiger partial charge in [0.1, 0.15) is 5.75 Å². The van der Waals surface area contributed by atoms with E-state index in [9.17, 15) is 13.2 Å². The van der Waals surface area contributed by atoms with Gasteiger partial charge < -0.3 is 4.74 Å². The third-order valence-electron chi connectivity index (χ3n) is 5.50. The summed E-state index contributed by atoms with van der Waals surface area (Å²) in [4.78, 5) is 13.3. The third kappa shape index (κ3) is 5.46. The van der Waals surface area contributed by atoms with Crippen molar-refractivity contribution in [1.82, 2.24) is 10.2 Å². The number of amides is 1. The molecule has 1 aliphatic heterocycles. The van der Waals surface area contributed by atoms with Crippen molar-refractivity contribution in [2.75, 3.05) is 21.9 Å². The van der Waals surface area contributed by atoms with Gasteiger partial charge in [0.2, 0.25) is 5.13 Å². The Bertz CT molecular complexity index is 1330. The summed E-state index contributed by atoms with van der Waals surface area (Å²) in [5.74, 6) is 0.691. The van der Waals surface area contributed by atoms with Crippen molar-refractivity contribution in [2.24, 2.45) is 0 Å². The normalized spacial score (nSPS) is 15.9. The molecule has 4 rings (SSSR count). The average Bonchev–Trinajstić information content (AvgIpc) is 3.24. The molecule has 35 heavy (non-hydrogen) atoms. The summed E-state index contributed by atoms with van der Waals surface area (Å²) in [5, 5.41) is 11.1. The maximum Gasteiger partial charge on any atom is 0.269 e. The van der Waals surface area contributed by atoms with Crippen molar-refractivity contribution in [1.29, 1.82) is 0 Å². The van der Waals surface area contributed by atoms with Crippen LogP contribution in [0, 0.1) is 6.92 Å². The van der Waals surface area contributed by atoms with E-state index in [0.29, 0.717) is 16.6 Å². The van der Waals surface area contributed by atoms with Crippen LogP contribution in [0.3, 0.4) is 0 Å². The van der Waals surface area contributed by atoms with Crippen molar-refractivity contribution in [3.8, 4) is 5.75 Å². The van der Waals surface area contributed by atoms with Crippen molar-refractivity contribution in [2.45, 2.75) is 55.4 Å². The predicted molar refractivity (Wildman–Crippen MR) is 140 cm³/mol. The van der Waals surface area contributed by atoms with Crippen LogP contribution in [0.25, 0.3) is 0 Å². The maximum absolute atomic E-state index is 13.7. The molecule has 0 saturated heterocycles. The maximum atomic E-state index is 13.7. The molecule has 186 valence electrons. The molecule has 2 aromatic carbocycles. The number of carbonyl (C=O) groups is 1. The lowest BCUT2D eigenvalue weighted by atomic mass is 9.86. The molecule has 0 aliphatic carbocycles. The monoisotopic (exact) mass is 532 g/mol. The highest BCUT2D eigenvalue weighted by atomic mass is 32.2. The Labute approximate surface area is 214 Å². The van der Waals surface area contributed by atoms with E-state index in [1.54, 1.807) is 30.3 Å². The molecule has 0 fully saturated rings. The SMILES string of the molecule is CCSc1nnc(NC(=O)C2CN(S(=O)(=O)c3ccc(C)cc3)c3cc(C(C)(C)C)ccc3O2)s1. The van der Waals surface area contributed by atoms with E-state index in [1.807, 2.05) is 26.0 Å². The molecule has 1 aliphatic rings. The fraction of sp³-hybridized carbons (Fsp3) is 0.375. The van der Waals surface area contributed by atoms with Crippen molar-refractivity contribution < 1.29 is 17.9 Å². The number of nitrogens with one attached hydrogen (secondary N) is 1. The first-order valence-electron chi connectivity index (χ1n) is 11.2. The molecule has 1 amide bonds. The molecule has 11 heteroatoms. The summed E-state index contributed by atoms with van der Waals surface area (Å²) in [6, 6.07) is 12.1. The van der Waals surface area contributed by atoms with Crippen LogP contribution in [0.1, 0.15) is 38.8 Å². The van der Waals surface area contributed by atoms with E-state index in [0.717, 1.165) is 21.2 Å². The minimum absolute atomic E-state index is 0.154. The number of ether oxygens (including phenoxy) is 1. The summed E-state index contributed by atoms with van der Waals surface area (Å²) < 4.78 is 35.5. The molecule has 3 aromatic rings. The number of hydrogen-bond acceptors (Lipinski definition) is 8. The van der Waals surface area contributed by atoms with Crippen LogP contribution in [0.4, 0.5) is 10.8 Å². The molecule has 1 atom stereocenters. The van der Waals surface area contributed by atoms with Crippen molar-refractivity contribution in [3.63, 3.8) is 0 Å². The average molecular weight is 533 g/mol. The Kier molecular flexibility index (Phi) is 7.12. The highest BCUT2D eigenvalue weighted by Gasteiger charge is 2.38. The third-order valence-corrected chi connectivity index (χ3v) is 9.15. The molecule has 1 unspecified atom stereocenters. The van der Waals surface area contributed by atoms with Crippen molar-refractivity contribution in [3.05, 3.63) is 53.6 Å². The highest BCUT2D eigenvalue weighted by Crippen LogP contribution is 2.40. The van der Waals surface area contributed by atoms with Gasteiger partial charge in [-0.05, 0) is 47.9 Å². The Morgan fingerprint density at radius 1 is 1.20 bits per heavy atom. The fourth-order valence-electron chi connectivity index (χ4n) is 3.55. The number of benzene rings is 2. The number of sulfonamides is 1. The van der Waals surface area contributed by atoms with Gasteiger partial charge in [0.25, 0.3) is 15.9 Å². The zero-order chi connectivity index (χ0) is 25.4. The van der Waals surface area contributed by atoms with Gasteiger partial charge in [0.15, 0.2) is 10.4 Å². The van der Waals surface area contributed by atoms with Crippen LogP contribution in [-0.4, -0.2) is 42.9 Å². The van der Waals surface area contributed by atoms with Crippen LogP contribution >= 0.6 is 23.1 Å². The number of aryl methyl sites for hydroxylation is 1. The summed E-state index contributed by atoms with van der Waals surface area (Å²) in [7, 11) is -3.95. The Morgan fingerprint density at radius 3 is 2.57 bits per heavy atom. The van der Waals surface area contributed by atoms with Crippen LogP contribution in [0.2, 0.25) is 0 Å². The molecule has 0 spiro atoms. The lowest BCUT2D eigenvalue weighted by Gasteiger charge is -2.35. The summed E-state index contributed by atoms with van der Waals surface area (Å²) in [6.45, 7) is 9.90. The quantitative estimate of drug-likeness (QED) is 0.358. The first-order chi connectivity index (χ1) is 16.5. The number of fused-ring (bicyclic) bond motifs is 1. The smallest absolute Gasteiger partial charge is 0.269 e. The minimum Gasteiger partial charge on any atom is -0.476 e. The van der Waals surface area contributed by atoms with Gasteiger partial charge in [0, 0.05) is 0 Å². The van der Waals surface area contributed by atoms with E-state index in [2.05, 4.69) is 36.3 Å². The first kappa shape index (κ1) is 25.5. The standard InChI is InChI=1S/C24H28N4O4S3/c1-6-33-23-27-26-22(34-23)25-21(29)20-14-28(35(30,31)17-10-7-15(2)8-11-17)18-13-16(24(3,4)5)9-12-19(18)32-20/h7-13,20H,6,14H2,1-5H3,(H,25,26,29). The minimum atomic E-state index is -3.95. The van der Waals surface area contributed by atoms with Crippen LogP contribution < -0.4 is 14.4 Å². The van der Waals surface area contributed by atoms with Crippen LogP contribution in [0.15, 0.2) is 51.7 Å². The Hall–Kier alpha value is -2.63. The van der Waals surface area contributed by atoms with Gasteiger partial charge in [-0.3, -0.25) is 14.4 Å². The molecular formula is C24H28N4O4S3. The number of aromatic nitrogens is 2. The summed E-state index contributed by atoms with van der Waals surface area (Å²) in [5.41, 5.74) is 2.13. The van der Waals surface area contributed by atoms with E-state index < -0.39 is 22.0 Å². The van der Waals surface area contributed by atoms with Gasteiger partial charge in [-0.2, -0.15) is 0 Å². The second-order valence-corrected chi connectivity index (χ2v) is 13.5. The molecule has 1 N–H and O–H groups in total. The first-order valence-corrected chi connectivity index (χ1v) is 14.4. The van der Waals surface area contributed by atoms with Gasteiger partial charge in [-0.25, -0.2) is 8.42 Å². The van der Waals surface area contributed by atoms with Crippen LogP contribution in [0.5, 0.6) is 5.75 Å². The van der Waals surface area contributed by atoms with Crippen LogP contribution in [-0.2, 0) is 20.2 Å². The molecule has 8 nitrogen and oxygen atoms in total. The lowest BCUT2D eigenvalue weighted by molar-refractivity contribution is -0.122. The van der Waals surface area contributed by atoms with Gasteiger partial charge in [0.05, 0.1) is 17.1 Å². The fourth-order valence-corrected chi connectivity index (χ4v) is 6.67. The molecule has 0 saturated carbocycles. The zero-order valence-electron chi connectivity index (χ0n) is 20.2. The van der Waals surface area contributed by atoms with Gasteiger partial charge in [-0.1, -0.05) is 74.6 Å². The van der Waals surface area contributed by atoms with Gasteiger partial charge in [-0.15, -0.1) is 10.2 Å². The highest BCUT2D eigenvalue weighted by molar-refractivity contribution is 8.01. The van der Waals surface area contributed by atoms with E-state index in [4.69, 9.17) is 4.74 Å². The summed E-state index contributed by atoms with van der Waals surface area (Å²) in [6.07, 6.45) is -1.06. The van der Waals surface area contributed by atoms with E-state index in [1.165, 1.54) is 27.4 Å². The number of hydrogen-bond donors (Lipinski definition) is 1. The second-order valence-electron chi connectivity index (χ2n) is 9.18. The number of anilines is 2. The molecule has 1 aromatic heterocycles. The Morgan fingerprint density at radius 2 is 1.91 bits per heavy atom. The zero-order valence-corrected chi connectivity index (χ0v) is 22.7. The Balaban J connectivity index is 1.70. The lowest BCUT2D eigenvalue weighted by Crippen LogP contribution is -2.49. The number of rotatable bonds is 6. The molecule has 0 radical (unpaired) electrons. The summed E-state index contributed by atoms with van der Waals surface area (Å²) >= 11 is 2.80. The van der Waals surface area contributed by atoms with Crippen molar-refractivity contribution >= 4 is 49.8 Å². The van der Waals surface area contributed by atoms with E-state index >= 15 is 0 Å². The molecule has 0 bridgehead atoms. The number of carbonyl (C=O) groups excluding carboxylic acids is 1. The topological polar surface area (TPSA) is 101 Å². The van der Waals surface area contributed by atoms with Gasteiger partial charge >= 0.3 is 0 Å². The number of nitrogens with zero attached hydrogens (tertiary/aromatic N) is 3. The molecule has 2 heterocycles. The second kappa shape index (κ2) is 9.79. The number of thioether (sulfide) groups is 1. The largest absolute Gasteiger partial charge is 0.476 e. The van der Waals surface area contributed by atoms with E-state index in [-0.39, 0.29) is 16.9 Å². The predicted octanol–water partition coefficient (Wildman–Crippen LogP) is 4.85. The molecular weight excluding hydrogens is 504 g/mol.